The smallest absolute Gasteiger partial charge is 0.127 e. The first kappa shape index (κ1) is 15.1. The van der Waals surface area contributed by atoms with Crippen LogP contribution in [0.2, 0.25) is 0 Å². The molecule has 108 valence electrons. The first-order valence-corrected chi connectivity index (χ1v) is 7.36. The summed E-state index contributed by atoms with van der Waals surface area (Å²) in [5.74, 6) is 2.70. The molecule has 2 aromatic rings. The van der Waals surface area contributed by atoms with Crippen molar-refractivity contribution < 1.29 is 9.15 Å². The van der Waals surface area contributed by atoms with E-state index in [4.69, 9.17) is 9.15 Å². The van der Waals surface area contributed by atoms with E-state index in [0.29, 0.717) is 0 Å². The van der Waals surface area contributed by atoms with Gasteiger partial charge in [0.25, 0.3) is 0 Å². The van der Waals surface area contributed by atoms with E-state index in [1.807, 2.05) is 33.0 Å². The highest BCUT2D eigenvalue weighted by Gasteiger charge is 2.24. The monoisotopic (exact) mass is 337 g/mol. The highest BCUT2D eigenvalue weighted by molar-refractivity contribution is 9.10. The Kier molecular flexibility index (Phi) is 4.55. The Morgan fingerprint density at radius 2 is 1.95 bits per heavy atom. The van der Waals surface area contributed by atoms with Crippen molar-refractivity contribution >= 4 is 15.9 Å². The van der Waals surface area contributed by atoms with E-state index in [-0.39, 0.29) is 6.04 Å². The molecule has 0 aliphatic heterocycles. The molecule has 20 heavy (non-hydrogen) atoms. The van der Waals surface area contributed by atoms with Gasteiger partial charge in [-0.25, -0.2) is 0 Å². The van der Waals surface area contributed by atoms with Crippen molar-refractivity contribution in [3.05, 3.63) is 50.9 Å². The predicted octanol–water partition coefficient (Wildman–Crippen LogP) is 4.28. The number of rotatable bonds is 4. The molecule has 3 nitrogen and oxygen atoms in total. The molecule has 0 aliphatic carbocycles. The van der Waals surface area contributed by atoms with Gasteiger partial charge in [0.2, 0.25) is 0 Å². The molecule has 0 spiro atoms. The second-order valence-electron chi connectivity index (χ2n) is 4.92. The van der Waals surface area contributed by atoms with Gasteiger partial charge in [0, 0.05) is 10.0 Å². The maximum absolute atomic E-state index is 5.79. The maximum Gasteiger partial charge on any atom is 0.127 e. The summed E-state index contributed by atoms with van der Waals surface area (Å²) in [5, 5.41) is 3.32. The van der Waals surface area contributed by atoms with Crippen LogP contribution >= 0.6 is 15.9 Å². The summed E-state index contributed by atoms with van der Waals surface area (Å²) < 4.78 is 12.5. The van der Waals surface area contributed by atoms with Crippen LogP contribution in [-0.2, 0) is 0 Å². The summed E-state index contributed by atoms with van der Waals surface area (Å²) in [4.78, 5) is 0. The van der Waals surface area contributed by atoms with Crippen LogP contribution in [0.5, 0.6) is 5.75 Å². The van der Waals surface area contributed by atoms with Crippen LogP contribution < -0.4 is 10.1 Å². The van der Waals surface area contributed by atoms with Gasteiger partial charge in [0.15, 0.2) is 0 Å². The van der Waals surface area contributed by atoms with Gasteiger partial charge in [-0.1, -0.05) is 15.9 Å². The van der Waals surface area contributed by atoms with Crippen molar-refractivity contribution in [2.75, 3.05) is 14.2 Å². The average Bonchev–Trinajstić information content (AvgIpc) is 2.83. The van der Waals surface area contributed by atoms with Gasteiger partial charge in [-0.2, -0.15) is 0 Å². The normalized spacial score (nSPS) is 12.5. The molecule has 0 saturated carbocycles. The van der Waals surface area contributed by atoms with Crippen molar-refractivity contribution in [1.29, 1.82) is 0 Å². The Balaban J connectivity index is 2.65. The zero-order valence-electron chi connectivity index (χ0n) is 12.5. The third-order valence-corrected chi connectivity index (χ3v) is 4.36. The average molecular weight is 338 g/mol. The van der Waals surface area contributed by atoms with E-state index in [9.17, 15) is 0 Å². The van der Waals surface area contributed by atoms with Crippen LogP contribution in [-0.4, -0.2) is 14.2 Å². The minimum atomic E-state index is -0.0325. The second kappa shape index (κ2) is 6.02. The Morgan fingerprint density at radius 1 is 1.25 bits per heavy atom. The summed E-state index contributed by atoms with van der Waals surface area (Å²) in [6, 6.07) is 6.03. The fourth-order valence-corrected chi connectivity index (χ4v) is 3.09. The fraction of sp³-hybridized carbons (Fsp3) is 0.375. The zero-order valence-corrected chi connectivity index (χ0v) is 14.1. The number of benzene rings is 1. The highest BCUT2D eigenvalue weighted by Crippen LogP contribution is 2.39. The number of methoxy groups -OCH3 is 1. The molecule has 0 aliphatic rings. The van der Waals surface area contributed by atoms with Gasteiger partial charge < -0.3 is 14.5 Å². The number of ether oxygens (including phenoxy) is 1. The van der Waals surface area contributed by atoms with Gasteiger partial charge in [0.05, 0.1) is 13.2 Å². The van der Waals surface area contributed by atoms with Crippen molar-refractivity contribution in [2.24, 2.45) is 0 Å². The van der Waals surface area contributed by atoms with Crippen molar-refractivity contribution in [3.8, 4) is 5.75 Å². The Bertz CT molecular complexity index is 619. The lowest BCUT2D eigenvalue weighted by Gasteiger charge is -2.22. The van der Waals surface area contributed by atoms with Crippen LogP contribution in [0.15, 0.2) is 27.1 Å². The summed E-state index contributed by atoms with van der Waals surface area (Å²) >= 11 is 3.62. The summed E-state index contributed by atoms with van der Waals surface area (Å²) in [5.41, 5.74) is 3.36. The Morgan fingerprint density at radius 3 is 2.45 bits per heavy atom. The second-order valence-corrected chi connectivity index (χ2v) is 5.77. The first-order valence-electron chi connectivity index (χ1n) is 6.56. The fourth-order valence-electron chi connectivity index (χ4n) is 2.53. The minimum absolute atomic E-state index is 0.0325. The zero-order chi connectivity index (χ0) is 14.9. The van der Waals surface area contributed by atoms with Crippen LogP contribution in [0.4, 0.5) is 0 Å². The van der Waals surface area contributed by atoms with Gasteiger partial charge in [-0.15, -0.1) is 0 Å². The lowest BCUT2D eigenvalue weighted by atomic mass is 9.95. The van der Waals surface area contributed by atoms with Gasteiger partial charge in [-0.3, -0.25) is 0 Å². The topological polar surface area (TPSA) is 34.4 Å². The number of nitrogens with one attached hydrogen (secondary N) is 1. The third kappa shape index (κ3) is 2.63. The van der Waals surface area contributed by atoms with E-state index >= 15 is 0 Å². The highest BCUT2D eigenvalue weighted by atomic mass is 79.9. The molecule has 0 bridgehead atoms. The SMILES string of the molecule is CNC(c1ccc(C)o1)c1c(C)c(Br)cc(C)c1OC. The van der Waals surface area contributed by atoms with Gasteiger partial charge in [0.1, 0.15) is 17.3 Å². The molecule has 0 saturated heterocycles. The Hall–Kier alpha value is -1.26. The van der Waals surface area contributed by atoms with E-state index in [0.717, 1.165) is 38.4 Å². The molecule has 1 heterocycles. The van der Waals surface area contributed by atoms with E-state index in [1.54, 1.807) is 7.11 Å². The summed E-state index contributed by atoms with van der Waals surface area (Å²) in [6.45, 7) is 6.08. The molecule has 1 unspecified atom stereocenters. The first-order chi connectivity index (χ1) is 9.49. The molecule has 2 rings (SSSR count). The van der Waals surface area contributed by atoms with E-state index in [2.05, 4.69) is 34.2 Å². The molecule has 0 radical (unpaired) electrons. The molecule has 1 aromatic carbocycles. The van der Waals surface area contributed by atoms with Crippen molar-refractivity contribution in [2.45, 2.75) is 26.8 Å². The van der Waals surface area contributed by atoms with E-state index < -0.39 is 0 Å². The van der Waals surface area contributed by atoms with Crippen molar-refractivity contribution in [3.63, 3.8) is 0 Å². The van der Waals surface area contributed by atoms with Crippen LogP contribution in [0.1, 0.15) is 34.3 Å². The quantitative estimate of drug-likeness (QED) is 0.903. The standard InChI is InChI=1S/C16H20BrNO2/c1-9-8-12(17)11(3)14(16(9)19-5)15(18-4)13-7-6-10(2)20-13/h6-8,15,18H,1-5H3. The number of halogens is 1. The molecule has 1 N–H and O–H groups in total. The van der Waals surface area contributed by atoms with Gasteiger partial charge in [-0.05, 0) is 57.1 Å². The molecule has 1 atom stereocenters. The lowest BCUT2D eigenvalue weighted by molar-refractivity contribution is 0.390. The summed E-state index contributed by atoms with van der Waals surface area (Å²) in [7, 11) is 3.64. The molecular weight excluding hydrogens is 318 g/mol. The number of aryl methyl sites for hydroxylation is 2. The van der Waals surface area contributed by atoms with E-state index in [1.165, 1.54) is 0 Å². The largest absolute Gasteiger partial charge is 0.496 e. The van der Waals surface area contributed by atoms with Gasteiger partial charge >= 0.3 is 0 Å². The Labute approximate surface area is 128 Å². The molecule has 1 aromatic heterocycles. The number of hydrogen-bond acceptors (Lipinski definition) is 3. The molecule has 0 amide bonds. The van der Waals surface area contributed by atoms with Crippen LogP contribution in [0.3, 0.4) is 0 Å². The predicted molar refractivity (Wildman–Crippen MR) is 84.5 cm³/mol. The number of furan rings is 1. The van der Waals surface area contributed by atoms with Crippen LogP contribution in [0, 0.1) is 20.8 Å². The van der Waals surface area contributed by atoms with Crippen molar-refractivity contribution in [1.82, 2.24) is 5.32 Å². The lowest BCUT2D eigenvalue weighted by Crippen LogP contribution is -2.19. The molecule has 0 fully saturated rings. The van der Waals surface area contributed by atoms with Crippen LogP contribution in [0.25, 0.3) is 0 Å². The minimum Gasteiger partial charge on any atom is -0.496 e. The number of hydrogen-bond donors (Lipinski definition) is 1. The molecular formula is C16H20BrNO2. The molecule has 4 heteroatoms. The third-order valence-electron chi connectivity index (χ3n) is 3.54. The maximum atomic E-state index is 5.79. The summed E-state index contributed by atoms with van der Waals surface area (Å²) in [6.07, 6.45) is 0.